The van der Waals surface area contributed by atoms with Crippen LogP contribution in [0.5, 0.6) is 0 Å². The van der Waals surface area contributed by atoms with Crippen molar-refractivity contribution in [2.75, 3.05) is 6.16 Å². The Bertz CT molecular complexity index is 1440. The summed E-state index contributed by atoms with van der Waals surface area (Å²) in [5.41, 5.74) is 10.8. The molecule has 0 saturated heterocycles. The fourth-order valence-electron chi connectivity index (χ4n) is 6.28. The first-order valence-corrected chi connectivity index (χ1v) is 17.2. The molecule has 0 N–H and O–H groups in total. The molecule has 1 aliphatic rings. The second-order valence-corrected chi connectivity index (χ2v) is 16.4. The molecule has 0 radical (unpaired) electrons. The van der Waals surface area contributed by atoms with Gasteiger partial charge in [-0.1, -0.05) is 136 Å². The maximum Gasteiger partial charge on any atom is 0.00770 e. The molecule has 0 aliphatic heterocycles. The molecule has 0 aromatic heterocycles. The lowest BCUT2D eigenvalue weighted by molar-refractivity contribution is 0.951. The summed E-state index contributed by atoms with van der Waals surface area (Å²) in [7, 11) is -1.16. The summed E-state index contributed by atoms with van der Waals surface area (Å²) >= 11 is 0. The minimum absolute atomic E-state index is 0.417. The van der Waals surface area contributed by atoms with Gasteiger partial charge in [0.15, 0.2) is 0 Å². The van der Waals surface area contributed by atoms with Crippen molar-refractivity contribution in [1.29, 1.82) is 0 Å². The van der Waals surface area contributed by atoms with Gasteiger partial charge in [0.25, 0.3) is 0 Å². The number of aryl methyl sites for hydroxylation is 8. The molecule has 0 fully saturated rings. The molecular weight excluding hydrogens is 518 g/mol. The summed E-state index contributed by atoms with van der Waals surface area (Å²) in [6.07, 6.45) is 8.40. The van der Waals surface area contributed by atoms with E-state index in [4.69, 9.17) is 0 Å². The van der Waals surface area contributed by atoms with Gasteiger partial charge in [-0.25, -0.2) is 0 Å². The predicted molar refractivity (Wildman–Crippen MR) is 182 cm³/mol. The van der Waals surface area contributed by atoms with E-state index in [-0.39, 0.29) is 0 Å². The second kappa shape index (κ2) is 12.0. The average Bonchev–Trinajstić information content (AvgIpc) is 3.28. The lowest BCUT2D eigenvalue weighted by Gasteiger charge is -2.30. The smallest absolute Gasteiger partial charge is 0.00770 e. The normalized spacial score (nSPS) is 14.8. The van der Waals surface area contributed by atoms with Crippen molar-refractivity contribution in [3.05, 3.63) is 141 Å². The SMILES string of the molecule is Cc1cc(C)cc(P(CC2C=CC=C2P(c2cc(C)cc(C)c2)c2cc(C)cc(C)c2)c2cc(C)cc(C)c2)c1. The predicted octanol–water partition coefficient (Wildman–Crippen LogP) is 8.79. The maximum atomic E-state index is 2.48. The van der Waals surface area contributed by atoms with E-state index in [1.54, 1.807) is 5.31 Å². The number of hydrogen-bond donors (Lipinski definition) is 0. The van der Waals surface area contributed by atoms with Crippen LogP contribution in [-0.2, 0) is 0 Å². The van der Waals surface area contributed by atoms with Gasteiger partial charge in [-0.2, -0.15) is 0 Å². The highest BCUT2D eigenvalue weighted by Gasteiger charge is 2.30. The lowest BCUT2D eigenvalue weighted by atomic mass is 10.2. The minimum atomic E-state index is -0.640. The highest BCUT2D eigenvalue weighted by molar-refractivity contribution is 7.77. The molecule has 1 atom stereocenters. The van der Waals surface area contributed by atoms with E-state index in [9.17, 15) is 0 Å². The molecule has 0 saturated carbocycles. The molecule has 4 aromatic rings. The Morgan fingerprint density at radius 1 is 0.450 bits per heavy atom. The van der Waals surface area contributed by atoms with Crippen LogP contribution in [0.25, 0.3) is 0 Å². The standard InChI is InChI=1S/C38H42P2/c1-25-12-26(2)17-34(16-25)39(35-18-27(3)13-28(4)19-35)24-33-10-9-11-38(33)40(36-20-29(5)14-30(6)21-36)37-22-31(7)15-32(8)23-37/h9-23,33H,24H2,1-8H3. The van der Waals surface area contributed by atoms with Crippen LogP contribution in [0.4, 0.5) is 0 Å². The van der Waals surface area contributed by atoms with Gasteiger partial charge in [-0.05, 0) is 104 Å². The second-order valence-electron chi connectivity index (χ2n) is 11.9. The van der Waals surface area contributed by atoms with Gasteiger partial charge in [0.2, 0.25) is 0 Å². The molecule has 0 spiro atoms. The third-order valence-corrected chi connectivity index (χ3v) is 12.7. The van der Waals surface area contributed by atoms with Crippen molar-refractivity contribution >= 4 is 37.1 Å². The highest BCUT2D eigenvalue weighted by atomic mass is 31.1. The number of allylic oxidation sites excluding steroid dienone is 4. The van der Waals surface area contributed by atoms with Crippen molar-refractivity contribution in [3.63, 3.8) is 0 Å². The summed E-state index contributed by atoms with van der Waals surface area (Å²) in [4.78, 5) is 0. The Hall–Kier alpha value is -2.78. The van der Waals surface area contributed by atoms with Gasteiger partial charge in [0.05, 0.1) is 0 Å². The lowest BCUT2D eigenvalue weighted by Crippen LogP contribution is -2.22. The Kier molecular flexibility index (Phi) is 8.61. The van der Waals surface area contributed by atoms with Crippen LogP contribution in [0.2, 0.25) is 0 Å². The van der Waals surface area contributed by atoms with Crippen molar-refractivity contribution in [2.24, 2.45) is 5.92 Å². The zero-order chi connectivity index (χ0) is 28.6. The van der Waals surface area contributed by atoms with Crippen molar-refractivity contribution in [1.82, 2.24) is 0 Å². The maximum absolute atomic E-state index is 2.48. The van der Waals surface area contributed by atoms with Crippen molar-refractivity contribution in [3.8, 4) is 0 Å². The summed E-state index contributed by atoms with van der Waals surface area (Å²) in [6, 6.07) is 28.7. The van der Waals surface area contributed by atoms with Gasteiger partial charge < -0.3 is 0 Å². The Morgan fingerprint density at radius 2 is 0.775 bits per heavy atom. The van der Waals surface area contributed by atoms with E-state index < -0.39 is 15.8 Å². The molecule has 4 aromatic carbocycles. The summed E-state index contributed by atoms with van der Waals surface area (Å²) in [5.74, 6) is 0.417. The minimum Gasteiger partial charge on any atom is -0.0766 e. The van der Waals surface area contributed by atoms with Gasteiger partial charge in [-0.15, -0.1) is 0 Å². The fourth-order valence-corrected chi connectivity index (χ4v) is 12.3. The van der Waals surface area contributed by atoms with Crippen molar-refractivity contribution in [2.45, 2.75) is 55.4 Å². The molecule has 0 heterocycles. The molecule has 1 aliphatic carbocycles. The molecule has 2 heteroatoms. The van der Waals surface area contributed by atoms with Gasteiger partial charge in [-0.3, -0.25) is 0 Å². The van der Waals surface area contributed by atoms with Crippen LogP contribution < -0.4 is 21.2 Å². The van der Waals surface area contributed by atoms with Crippen LogP contribution in [0.15, 0.2) is 96.3 Å². The monoisotopic (exact) mass is 560 g/mol. The number of rotatable bonds is 7. The number of benzene rings is 4. The van der Waals surface area contributed by atoms with Crippen LogP contribution >= 0.6 is 15.8 Å². The first-order chi connectivity index (χ1) is 19.0. The third kappa shape index (κ3) is 6.57. The van der Waals surface area contributed by atoms with E-state index in [0.717, 1.165) is 6.16 Å². The molecule has 0 bridgehead atoms. The van der Waals surface area contributed by atoms with Crippen LogP contribution in [0.3, 0.4) is 0 Å². The van der Waals surface area contributed by atoms with E-state index >= 15 is 0 Å². The van der Waals surface area contributed by atoms with Gasteiger partial charge in [0, 0.05) is 5.92 Å². The summed E-state index contributed by atoms with van der Waals surface area (Å²) in [5, 5.41) is 7.53. The Labute approximate surface area is 244 Å². The Morgan fingerprint density at radius 3 is 1.12 bits per heavy atom. The van der Waals surface area contributed by atoms with E-state index in [1.807, 2.05) is 0 Å². The zero-order valence-electron chi connectivity index (χ0n) is 25.3. The molecular formula is C38H42P2. The van der Waals surface area contributed by atoms with Crippen LogP contribution in [0.1, 0.15) is 44.5 Å². The number of hydrogen-bond acceptors (Lipinski definition) is 0. The first kappa shape index (κ1) is 28.7. The van der Waals surface area contributed by atoms with E-state index in [0.29, 0.717) is 5.92 Å². The fraction of sp³-hybridized carbons (Fsp3) is 0.263. The summed E-state index contributed by atoms with van der Waals surface area (Å²) in [6.45, 7) is 17.9. The Balaban J connectivity index is 1.62. The third-order valence-electron chi connectivity index (χ3n) is 7.59. The van der Waals surface area contributed by atoms with E-state index in [2.05, 4.69) is 146 Å². The van der Waals surface area contributed by atoms with Crippen LogP contribution in [0, 0.1) is 61.3 Å². The molecule has 0 amide bonds. The van der Waals surface area contributed by atoms with Gasteiger partial charge >= 0.3 is 0 Å². The zero-order valence-corrected chi connectivity index (χ0v) is 27.1. The van der Waals surface area contributed by atoms with Crippen LogP contribution in [-0.4, -0.2) is 6.16 Å². The largest absolute Gasteiger partial charge is 0.0766 e. The molecule has 5 rings (SSSR count). The topological polar surface area (TPSA) is 0 Å². The highest BCUT2D eigenvalue weighted by Crippen LogP contribution is 2.52. The molecule has 40 heavy (non-hydrogen) atoms. The molecule has 0 nitrogen and oxygen atoms in total. The molecule has 204 valence electrons. The molecule has 1 unspecified atom stereocenters. The first-order valence-electron chi connectivity index (χ1n) is 14.3. The van der Waals surface area contributed by atoms with Crippen molar-refractivity contribution < 1.29 is 0 Å². The average molecular weight is 561 g/mol. The van der Waals surface area contributed by atoms with E-state index in [1.165, 1.54) is 65.7 Å². The van der Waals surface area contributed by atoms with Gasteiger partial charge in [0.1, 0.15) is 0 Å². The summed E-state index contributed by atoms with van der Waals surface area (Å²) < 4.78 is 0. The quantitative estimate of drug-likeness (QED) is 0.198.